The molecule has 3 rings (SSSR count). The minimum absolute atomic E-state index is 0.0587. The zero-order valence-electron chi connectivity index (χ0n) is 21.2. The number of rotatable bonds is 12. The molecule has 0 spiro atoms. The number of carbonyl (C=O) groups is 2. The molecule has 0 aliphatic heterocycles. The van der Waals surface area contributed by atoms with Crippen LogP contribution in [0, 0.1) is 17.0 Å². The summed E-state index contributed by atoms with van der Waals surface area (Å²) in [6.07, 6.45) is 0.0578. The third kappa shape index (κ3) is 7.76. The van der Waals surface area contributed by atoms with Crippen molar-refractivity contribution in [2.24, 2.45) is 5.11 Å². The van der Waals surface area contributed by atoms with Crippen molar-refractivity contribution in [1.29, 1.82) is 0 Å². The second-order valence-corrected chi connectivity index (χ2v) is 10.0. The lowest BCUT2D eigenvalue weighted by Gasteiger charge is -2.20. The Morgan fingerprint density at radius 3 is 2.65 bits per heavy atom. The molecule has 3 aromatic rings. The van der Waals surface area contributed by atoms with E-state index in [9.17, 15) is 29.6 Å². The first-order valence-electron chi connectivity index (χ1n) is 11.9. The summed E-state index contributed by atoms with van der Waals surface area (Å²) < 4.78 is 5.32. The van der Waals surface area contributed by atoms with E-state index < -0.39 is 33.7 Å². The fraction of sp³-hybridized carbons (Fsp3) is 0.320. The molecule has 0 aliphatic rings. The topological polar surface area (TPSA) is 201 Å². The van der Waals surface area contributed by atoms with Crippen LogP contribution in [0.15, 0.2) is 50.7 Å². The monoisotopic (exact) mass is 586 g/mol. The SMILES string of the molecule is Cc1c(CC(=O)NC(S)C(S)CCC(=O)NCc2ccc(CO)c([N+](=O)[O-])c2)c(=O)oc2cc(N=[N+]=[N-])ccc12. The van der Waals surface area contributed by atoms with E-state index in [0.717, 1.165) is 0 Å². The van der Waals surface area contributed by atoms with Crippen molar-refractivity contribution in [3.05, 3.63) is 89.6 Å². The third-order valence-corrected chi connectivity index (χ3v) is 7.40. The Balaban J connectivity index is 1.52. The van der Waals surface area contributed by atoms with Crippen LogP contribution in [0.5, 0.6) is 0 Å². The van der Waals surface area contributed by atoms with E-state index in [2.05, 4.69) is 45.9 Å². The van der Waals surface area contributed by atoms with Gasteiger partial charge >= 0.3 is 5.63 Å². The number of nitro benzene ring substituents is 1. The normalized spacial score (nSPS) is 12.3. The van der Waals surface area contributed by atoms with Gasteiger partial charge in [0.05, 0.1) is 34.5 Å². The van der Waals surface area contributed by atoms with Gasteiger partial charge in [-0.25, -0.2) is 4.79 Å². The molecule has 1 aromatic heterocycles. The van der Waals surface area contributed by atoms with Gasteiger partial charge in [0.15, 0.2) is 0 Å². The zero-order chi connectivity index (χ0) is 29.4. The van der Waals surface area contributed by atoms with Crippen LogP contribution in [-0.4, -0.2) is 32.5 Å². The fourth-order valence-corrected chi connectivity index (χ4v) is 4.42. The summed E-state index contributed by atoms with van der Waals surface area (Å²) in [6.45, 7) is 1.28. The smallest absolute Gasteiger partial charge is 0.340 e. The molecule has 3 N–H and O–H groups in total. The Hall–Kier alpha value is -4.04. The van der Waals surface area contributed by atoms with Crippen molar-refractivity contribution in [2.75, 3.05) is 0 Å². The van der Waals surface area contributed by atoms with Gasteiger partial charge in [-0.2, -0.15) is 25.3 Å². The predicted molar refractivity (Wildman–Crippen MR) is 154 cm³/mol. The molecule has 210 valence electrons. The maximum Gasteiger partial charge on any atom is 0.340 e. The molecule has 2 atom stereocenters. The zero-order valence-corrected chi connectivity index (χ0v) is 23.0. The van der Waals surface area contributed by atoms with E-state index in [-0.39, 0.29) is 59.8 Å². The summed E-state index contributed by atoms with van der Waals surface area (Å²) in [5.41, 5.74) is 9.60. The van der Waals surface area contributed by atoms with Gasteiger partial charge < -0.3 is 20.2 Å². The van der Waals surface area contributed by atoms with Crippen molar-refractivity contribution in [3.63, 3.8) is 0 Å². The molecule has 13 nitrogen and oxygen atoms in total. The second kappa shape index (κ2) is 13.8. The first kappa shape index (κ1) is 30.5. The standard InChI is InChI=1S/C25H26N6O7S2/c1-13-17-5-4-16(29-30-26)9-20(17)38-25(35)18(13)10-23(34)28-24(40)21(39)6-7-22(33)27-11-14-2-3-15(12-32)19(8-14)31(36)37/h2-5,8-9,21,24,32,39-40H,6-7,10-12H2,1H3,(H,27,33)(H,28,34). The number of aliphatic hydroxyl groups is 1. The van der Waals surface area contributed by atoms with Crippen molar-refractivity contribution < 1.29 is 24.0 Å². The number of thiol groups is 2. The van der Waals surface area contributed by atoms with Crippen LogP contribution in [0.4, 0.5) is 11.4 Å². The highest BCUT2D eigenvalue weighted by molar-refractivity contribution is 7.85. The molecule has 0 bridgehead atoms. The van der Waals surface area contributed by atoms with Gasteiger partial charge in [0.2, 0.25) is 11.8 Å². The number of benzene rings is 2. The van der Waals surface area contributed by atoms with Crippen molar-refractivity contribution in [2.45, 2.75) is 50.0 Å². The van der Waals surface area contributed by atoms with Gasteiger partial charge in [0.1, 0.15) is 5.58 Å². The predicted octanol–water partition coefficient (Wildman–Crippen LogP) is 3.75. The number of aliphatic hydroxyl groups excluding tert-OH is 1. The van der Waals surface area contributed by atoms with Crippen LogP contribution in [0.2, 0.25) is 0 Å². The Kier molecular flexibility index (Phi) is 10.6. The second-order valence-electron chi connectivity index (χ2n) is 8.81. The fourth-order valence-electron chi connectivity index (χ4n) is 3.92. The molecular formula is C25H26N6O7S2. The number of aryl methyl sites for hydroxylation is 1. The summed E-state index contributed by atoms with van der Waals surface area (Å²) in [6, 6.07) is 8.96. The van der Waals surface area contributed by atoms with Crippen LogP contribution in [0.25, 0.3) is 21.4 Å². The Morgan fingerprint density at radius 2 is 1.98 bits per heavy atom. The van der Waals surface area contributed by atoms with Crippen molar-refractivity contribution >= 4 is 59.4 Å². The minimum atomic E-state index is -0.725. The molecule has 0 saturated carbocycles. The lowest BCUT2D eigenvalue weighted by Crippen LogP contribution is -2.39. The number of nitrogens with zero attached hydrogens (tertiary/aromatic N) is 4. The third-order valence-electron chi connectivity index (χ3n) is 6.12. The number of nitrogens with one attached hydrogen (secondary N) is 2. The summed E-state index contributed by atoms with van der Waals surface area (Å²) in [4.78, 5) is 50.7. The van der Waals surface area contributed by atoms with E-state index in [1.807, 2.05) is 0 Å². The summed E-state index contributed by atoms with van der Waals surface area (Å²) >= 11 is 8.80. The molecule has 15 heteroatoms. The summed E-state index contributed by atoms with van der Waals surface area (Å²) in [5.74, 6) is -0.815. The molecule has 0 aliphatic carbocycles. The lowest BCUT2D eigenvalue weighted by atomic mass is 10.0. The van der Waals surface area contributed by atoms with E-state index in [0.29, 0.717) is 16.5 Å². The lowest BCUT2D eigenvalue weighted by molar-refractivity contribution is -0.385. The molecule has 0 radical (unpaired) electrons. The maximum atomic E-state index is 12.7. The van der Waals surface area contributed by atoms with Crippen LogP contribution < -0.4 is 16.3 Å². The van der Waals surface area contributed by atoms with Gasteiger partial charge in [-0.3, -0.25) is 19.7 Å². The molecule has 0 fully saturated rings. The van der Waals surface area contributed by atoms with E-state index in [1.54, 1.807) is 25.1 Å². The van der Waals surface area contributed by atoms with Crippen molar-refractivity contribution in [3.8, 4) is 0 Å². The molecule has 2 amide bonds. The highest BCUT2D eigenvalue weighted by atomic mass is 32.1. The van der Waals surface area contributed by atoms with Crippen LogP contribution in [-0.2, 0) is 29.2 Å². The number of amides is 2. The Morgan fingerprint density at radius 1 is 1.23 bits per heavy atom. The minimum Gasteiger partial charge on any atom is -0.422 e. The maximum absolute atomic E-state index is 12.7. The Bertz CT molecular complexity index is 1550. The largest absolute Gasteiger partial charge is 0.422 e. The van der Waals surface area contributed by atoms with E-state index in [1.165, 1.54) is 18.2 Å². The number of hydrogen-bond acceptors (Lipinski definition) is 10. The van der Waals surface area contributed by atoms with Crippen molar-refractivity contribution in [1.82, 2.24) is 10.6 Å². The average molecular weight is 587 g/mol. The summed E-state index contributed by atoms with van der Waals surface area (Å²) in [7, 11) is 0. The highest BCUT2D eigenvalue weighted by Gasteiger charge is 2.21. The van der Waals surface area contributed by atoms with Crippen LogP contribution in [0.3, 0.4) is 0 Å². The first-order valence-corrected chi connectivity index (χ1v) is 13.0. The van der Waals surface area contributed by atoms with Gasteiger partial charge in [0.25, 0.3) is 5.69 Å². The van der Waals surface area contributed by atoms with Crippen LogP contribution >= 0.6 is 25.3 Å². The number of azide groups is 1. The number of hydrogen-bond donors (Lipinski definition) is 5. The van der Waals surface area contributed by atoms with Gasteiger partial charge in [-0.05, 0) is 42.1 Å². The quantitative estimate of drug-likeness (QED) is 0.0311. The summed E-state index contributed by atoms with van der Waals surface area (Å²) in [5, 5.41) is 28.5. The van der Waals surface area contributed by atoms with Gasteiger partial charge in [-0.1, -0.05) is 23.3 Å². The number of fused-ring (bicyclic) bond motifs is 1. The molecular weight excluding hydrogens is 560 g/mol. The highest BCUT2D eigenvalue weighted by Crippen LogP contribution is 2.25. The molecule has 2 unspecified atom stereocenters. The first-order chi connectivity index (χ1) is 19.0. The molecule has 2 aromatic carbocycles. The molecule has 0 saturated heterocycles. The average Bonchev–Trinajstić information content (AvgIpc) is 2.92. The van der Waals surface area contributed by atoms with Gasteiger partial charge in [0, 0.05) is 40.3 Å². The molecule has 1 heterocycles. The number of carbonyl (C=O) groups excluding carboxylic acids is 2. The van der Waals surface area contributed by atoms with Crippen LogP contribution in [0.1, 0.15) is 35.1 Å². The number of nitro groups is 1. The molecule has 40 heavy (non-hydrogen) atoms. The van der Waals surface area contributed by atoms with Gasteiger partial charge in [-0.15, -0.1) is 0 Å². The Labute approximate surface area is 238 Å². The van der Waals surface area contributed by atoms with E-state index >= 15 is 0 Å². The van der Waals surface area contributed by atoms with E-state index in [4.69, 9.17) is 9.95 Å².